The molecule has 3 heterocycles. The molecule has 0 spiro atoms. The van der Waals surface area contributed by atoms with Gasteiger partial charge in [-0.05, 0) is 25.0 Å². The van der Waals surface area contributed by atoms with Crippen molar-refractivity contribution in [1.29, 1.82) is 0 Å². The van der Waals surface area contributed by atoms with Gasteiger partial charge in [-0.3, -0.25) is 0 Å². The third kappa shape index (κ3) is 1.63. The summed E-state index contributed by atoms with van der Waals surface area (Å²) in [5.74, 6) is 0.945. The summed E-state index contributed by atoms with van der Waals surface area (Å²) in [6.45, 7) is 2.14. The van der Waals surface area contributed by atoms with Crippen molar-refractivity contribution < 1.29 is 4.42 Å². The zero-order chi connectivity index (χ0) is 13.0. The summed E-state index contributed by atoms with van der Waals surface area (Å²) < 4.78 is 7.07. The van der Waals surface area contributed by atoms with E-state index in [0.717, 1.165) is 40.0 Å². The van der Waals surface area contributed by atoms with Gasteiger partial charge in [0, 0.05) is 34.6 Å². The van der Waals surface area contributed by atoms with Gasteiger partial charge in [0.2, 0.25) is 0 Å². The largest absolute Gasteiger partial charge is 0.441 e. The normalized spacial score (nSPS) is 15.9. The highest BCUT2D eigenvalue weighted by Crippen LogP contribution is 2.43. The fourth-order valence-electron chi connectivity index (χ4n) is 2.77. The molecule has 0 saturated carbocycles. The minimum absolute atomic E-state index is 0.652. The van der Waals surface area contributed by atoms with Crippen molar-refractivity contribution in [2.75, 3.05) is 23.7 Å². The third-order valence-corrected chi connectivity index (χ3v) is 5.21. The summed E-state index contributed by atoms with van der Waals surface area (Å²) in [6.07, 6.45) is 2.47. The Bertz CT molecular complexity index is 771. The number of nitrogens with two attached hydrogens (primary N) is 1. The van der Waals surface area contributed by atoms with Crippen LogP contribution in [0.1, 0.15) is 12.8 Å². The highest BCUT2D eigenvalue weighted by atomic mass is 35.5. The first-order valence-electron chi connectivity index (χ1n) is 6.39. The minimum Gasteiger partial charge on any atom is -0.441 e. The standard InChI is InChI=1S/C14H13ClN2OS/c15-13-12-8-7-11(17-5-1-2-6-17)18-9(8)3-4-10(12)19-14(13)16/h3-4,7H,1-2,5-6,16H2. The number of furan rings is 1. The Morgan fingerprint density at radius 2 is 2.05 bits per heavy atom. The zero-order valence-electron chi connectivity index (χ0n) is 10.3. The highest BCUT2D eigenvalue weighted by Gasteiger charge is 2.19. The monoisotopic (exact) mass is 292 g/mol. The molecule has 1 fully saturated rings. The first-order chi connectivity index (χ1) is 9.24. The summed E-state index contributed by atoms with van der Waals surface area (Å²) in [4.78, 5) is 2.29. The Morgan fingerprint density at radius 3 is 2.84 bits per heavy atom. The van der Waals surface area contributed by atoms with Crippen LogP contribution in [-0.4, -0.2) is 13.1 Å². The molecule has 0 unspecified atom stereocenters. The molecule has 2 N–H and O–H groups in total. The van der Waals surface area contributed by atoms with Crippen molar-refractivity contribution in [2.24, 2.45) is 0 Å². The minimum atomic E-state index is 0.652. The summed E-state index contributed by atoms with van der Waals surface area (Å²) in [7, 11) is 0. The molecule has 0 amide bonds. The van der Waals surface area contributed by atoms with Crippen molar-refractivity contribution in [3.8, 4) is 0 Å². The van der Waals surface area contributed by atoms with Crippen LogP contribution in [0.4, 0.5) is 10.9 Å². The van der Waals surface area contributed by atoms with Gasteiger partial charge in [0.25, 0.3) is 0 Å². The lowest BCUT2D eigenvalue weighted by Crippen LogP contribution is -2.16. The van der Waals surface area contributed by atoms with Crippen LogP contribution in [0.2, 0.25) is 5.02 Å². The average Bonchev–Trinajstić information content (AvgIpc) is 3.09. The number of thiophene rings is 1. The van der Waals surface area contributed by atoms with Gasteiger partial charge in [-0.15, -0.1) is 11.3 Å². The SMILES string of the molecule is Nc1sc2ccc3oc(N4CCCC4)cc3c2c1Cl. The Morgan fingerprint density at radius 1 is 1.26 bits per heavy atom. The Labute approximate surface area is 119 Å². The smallest absolute Gasteiger partial charge is 0.196 e. The Kier molecular flexibility index (Phi) is 2.44. The molecule has 1 aromatic carbocycles. The molecule has 1 saturated heterocycles. The van der Waals surface area contributed by atoms with E-state index in [2.05, 4.69) is 11.0 Å². The van der Waals surface area contributed by atoms with Gasteiger partial charge >= 0.3 is 0 Å². The van der Waals surface area contributed by atoms with E-state index in [1.807, 2.05) is 12.1 Å². The second-order valence-electron chi connectivity index (χ2n) is 4.91. The summed E-state index contributed by atoms with van der Waals surface area (Å²) in [5.41, 5.74) is 6.80. The van der Waals surface area contributed by atoms with E-state index in [-0.39, 0.29) is 0 Å². The molecule has 1 aliphatic rings. The maximum absolute atomic E-state index is 6.32. The van der Waals surface area contributed by atoms with E-state index in [1.54, 1.807) is 0 Å². The molecule has 98 valence electrons. The lowest BCUT2D eigenvalue weighted by molar-refractivity contribution is 0.599. The lowest BCUT2D eigenvalue weighted by Gasteiger charge is -2.12. The number of nitrogens with zero attached hydrogens (tertiary/aromatic N) is 1. The van der Waals surface area contributed by atoms with Crippen LogP contribution in [0.5, 0.6) is 0 Å². The van der Waals surface area contributed by atoms with Gasteiger partial charge in [0.05, 0.1) is 5.02 Å². The van der Waals surface area contributed by atoms with Gasteiger partial charge < -0.3 is 15.1 Å². The number of fused-ring (bicyclic) bond motifs is 3. The number of hydrogen-bond acceptors (Lipinski definition) is 4. The van der Waals surface area contributed by atoms with E-state index < -0.39 is 0 Å². The van der Waals surface area contributed by atoms with Gasteiger partial charge in [-0.25, -0.2) is 0 Å². The van der Waals surface area contributed by atoms with E-state index in [0.29, 0.717) is 10.0 Å². The van der Waals surface area contributed by atoms with E-state index in [9.17, 15) is 0 Å². The topological polar surface area (TPSA) is 42.4 Å². The van der Waals surface area contributed by atoms with Crippen LogP contribution in [0.25, 0.3) is 21.1 Å². The van der Waals surface area contributed by atoms with Gasteiger partial charge in [0.15, 0.2) is 5.88 Å². The Hall–Kier alpha value is -1.39. The summed E-state index contributed by atoms with van der Waals surface area (Å²) in [5, 5.41) is 3.42. The molecular formula is C14H13ClN2OS. The number of rotatable bonds is 1. The first-order valence-corrected chi connectivity index (χ1v) is 7.58. The number of anilines is 2. The fraction of sp³-hybridized carbons (Fsp3) is 0.286. The first kappa shape index (κ1) is 11.4. The molecule has 3 aromatic rings. The second-order valence-corrected chi connectivity index (χ2v) is 6.37. The molecule has 0 bridgehead atoms. The van der Waals surface area contributed by atoms with Crippen molar-refractivity contribution in [3.63, 3.8) is 0 Å². The predicted octanol–water partition coefficient (Wildman–Crippen LogP) is 4.48. The number of benzene rings is 1. The molecule has 1 aliphatic heterocycles. The van der Waals surface area contributed by atoms with Crippen molar-refractivity contribution in [1.82, 2.24) is 0 Å². The van der Waals surface area contributed by atoms with Crippen LogP contribution in [0.3, 0.4) is 0 Å². The van der Waals surface area contributed by atoms with Crippen molar-refractivity contribution in [2.45, 2.75) is 12.8 Å². The number of nitrogen functional groups attached to an aromatic ring is 1. The fourth-order valence-corrected chi connectivity index (χ4v) is 4.02. The van der Waals surface area contributed by atoms with Crippen LogP contribution in [0, 0.1) is 0 Å². The molecular weight excluding hydrogens is 280 g/mol. The molecule has 0 aliphatic carbocycles. The van der Waals surface area contributed by atoms with Crippen LogP contribution in [-0.2, 0) is 0 Å². The molecule has 19 heavy (non-hydrogen) atoms. The quantitative estimate of drug-likeness (QED) is 0.719. The lowest BCUT2D eigenvalue weighted by atomic mass is 10.2. The Balaban J connectivity index is 1.99. The van der Waals surface area contributed by atoms with Crippen LogP contribution in [0.15, 0.2) is 22.6 Å². The number of halogens is 1. The van der Waals surface area contributed by atoms with E-state index in [1.165, 1.54) is 24.2 Å². The maximum atomic E-state index is 6.32. The molecule has 0 atom stereocenters. The number of hydrogen-bond donors (Lipinski definition) is 1. The van der Waals surface area contributed by atoms with E-state index >= 15 is 0 Å². The molecule has 3 nitrogen and oxygen atoms in total. The average molecular weight is 293 g/mol. The molecule has 4 rings (SSSR count). The van der Waals surface area contributed by atoms with Crippen LogP contribution >= 0.6 is 22.9 Å². The molecule has 5 heteroatoms. The molecule has 2 aromatic heterocycles. The third-order valence-electron chi connectivity index (χ3n) is 3.72. The van der Waals surface area contributed by atoms with Crippen molar-refractivity contribution in [3.05, 3.63) is 23.2 Å². The van der Waals surface area contributed by atoms with Crippen molar-refractivity contribution >= 4 is 54.9 Å². The van der Waals surface area contributed by atoms with Gasteiger partial charge in [-0.1, -0.05) is 11.6 Å². The summed E-state index contributed by atoms with van der Waals surface area (Å²) >= 11 is 7.85. The summed E-state index contributed by atoms with van der Waals surface area (Å²) in [6, 6.07) is 6.13. The van der Waals surface area contributed by atoms with Gasteiger partial charge in [0.1, 0.15) is 10.6 Å². The second kappa shape index (κ2) is 4.05. The highest BCUT2D eigenvalue weighted by molar-refractivity contribution is 7.23. The van der Waals surface area contributed by atoms with Gasteiger partial charge in [-0.2, -0.15) is 0 Å². The van der Waals surface area contributed by atoms with E-state index in [4.69, 9.17) is 21.8 Å². The molecule has 0 radical (unpaired) electrons. The predicted molar refractivity (Wildman–Crippen MR) is 82.5 cm³/mol. The van der Waals surface area contributed by atoms with Crippen LogP contribution < -0.4 is 10.6 Å². The zero-order valence-corrected chi connectivity index (χ0v) is 11.9. The maximum Gasteiger partial charge on any atom is 0.196 e.